The largest absolute Gasteiger partial charge is 0.456 e. The highest BCUT2D eigenvalue weighted by Gasteiger charge is 2.16. The monoisotopic (exact) mass is 627 g/mol. The van der Waals surface area contributed by atoms with E-state index in [1.807, 2.05) is 78.9 Å². The summed E-state index contributed by atoms with van der Waals surface area (Å²) in [6.07, 6.45) is 0. The number of rotatable bonds is 6. The Morgan fingerprint density at radius 1 is 0.265 bits per heavy atom. The van der Waals surface area contributed by atoms with Gasteiger partial charge < -0.3 is 4.42 Å². The van der Waals surface area contributed by atoms with Crippen molar-refractivity contribution < 1.29 is 4.42 Å². The van der Waals surface area contributed by atoms with Crippen molar-refractivity contribution >= 4 is 21.9 Å². The molecule has 4 heteroatoms. The molecule has 0 aliphatic rings. The minimum Gasteiger partial charge on any atom is -0.456 e. The molecule has 49 heavy (non-hydrogen) atoms. The number of para-hydroxylation sites is 1. The van der Waals surface area contributed by atoms with Gasteiger partial charge in [0.1, 0.15) is 11.2 Å². The lowest BCUT2D eigenvalue weighted by Gasteiger charge is -2.13. The molecule has 0 atom stereocenters. The third kappa shape index (κ3) is 5.56. The van der Waals surface area contributed by atoms with E-state index in [9.17, 15) is 0 Å². The predicted octanol–water partition coefficient (Wildman–Crippen LogP) is 11.8. The Morgan fingerprint density at radius 3 is 1.29 bits per heavy atom. The van der Waals surface area contributed by atoms with Crippen LogP contribution in [0, 0.1) is 0 Å². The van der Waals surface area contributed by atoms with Gasteiger partial charge in [0.25, 0.3) is 0 Å². The summed E-state index contributed by atoms with van der Waals surface area (Å²) in [6, 6.07) is 60.6. The number of furan rings is 1. The Labute approximate surface area is 284 Å². The van der Waals surface area contributed by atoms with Gasteiger partial charge in [-0.1, -0.05) is 140 Å². The van der Waals surface area contributed by atoms with Crippen molar-refractivity contribution in [3.8, 4) is 67.5 Å². The van der Waals surface area contributed by atoms with E-state index in [1.165, 1.54) is 11.1 Å². The lowest BCUT2D eigenvalue weighted by atomic mass is 9.94. The molecule has 7 aromatic carbocycles. The zero-order chi connectivity index (χ0) is 32.6. The van der Waals surface area contributed by atoms with E-state index >= 15 is 0 Å². The van der Waals surface area contributed by atoms with E-state index in [4.69, 9.17) is 19.4 Å². The van der Waals surface area contributed by atoms with Crippen LogP contribution in [0.1, 0.15) is 0 Å². The number of aromatic nitrogens is 3. The second kappa shape index (κ2) is 12.2. The van der Waals surface area contributed by atoms with Crippen LogP contribution in [0.5, 0.6) is 0 Å². The minimum absolute atomic E-state index is 0.617. The zero-order valence-corrected chi connectivity index (χ0v) is 26.5. The lowest BCUT2D eigenvalue weighted by molar-refractivity contribution is 0.669. The Hall–Kier alpha value is -6.65. The van der Waals surface area contributed by atoms with E-state index in [2.05, 4.69) is 97.1 Å². The maximum Gasteiger partial charge on any atom is 0.164 e. The number of hydrogen-bond donors (Lipinski definition) is 0. The average molecular weight is 628 g/mol. The predicted molar refractivity (Wildman–Crippen MR) is 200 cm³/mol. The van der Waals surface area contributed by atoms with E-state index in [0.717, 1.165) is 60.9 Å². The standard InChI is InChI=1S/C45H29N3O/c1-4-12-30(13-5-1)31-20-22-32(23-21-31)36-26-37(35-24-25-42-40(29-35)39-18-10-11-19-41(39)49-42)28-38(27-36)45-47-43(33-14-6-2-7-15-33)46-44(48-45)34-16-8-3-9-17-34/h1-29H. The summed E-state index contributed by atoms with van der Waals surface area (Å²) in [5.74, 6) is 1.89. The zero-order valence-electron chi connectivity index (χ0n) is 26.5. The van der Waals surface area contributed by atoms with Gasteiger partial charge in [-0.3, -0.25) is 0 Å². The minimum atomic E-state index is 0.617. The molecular formula is C45H29N3O. The molecule has 0 radical (unpaired) electrons. The maximum atomic E-state index is 6.16. The molecule has 9 rings (SSSR count). The van der Waals surface area contributed by atoms with Crippen molar-refractivity contribution in [2.45, 2.75) is 0 Å². The maximum absolute atomic E-state index is 6.16. The van der Waals surface area contributed by atoms with Gasteiger partial charge in [-0.15, -0.1) is 0 Å². The summed E-state index contributed by atoms with van der Waals surface area (Å²) in [5, 5.41) is 2.19. The van der Waals surface area contributed by atoms with Crippen molar-refractivity contribution in [2.75, 3.05) is 0 Å². The first kappa shape index (κ1) is 28.6. The summed E-state index contributed by atoms with van der Waals surface area (Å²) in [4.78, 5) is 15.1. The third-order valence-electron chi connectivity index (χ3n) is 8.93. The van der Waals surface area contributed by atoms with E-state index in [-0.39, 0.29) is 0 Å². The molecule has 0 fully saturated rings. The molecule has 0 saturated heterocycles. The van der Waals surface area contributed by atoms with Gasteiger partial charge in [0.05, 0.1) is 0 Å². The molecule has 0 amide bonds. The SMILES string of the molecule is c1ccc(-c2ccc(-c3cc(-c4ccc5oc6ccccc6c5c4)cc(-c4nc(-c5ccccc5)nc(-c5ccccc5)n4)c3)cc2)cc1. The van der Waals surface area contributed by atoms with Crippen LogP contribution in [0.2, 0.25) is 0 Å². The second-order valence-corrected chi connectivity index (χ2v) is 12.1. The van der Waals surface area contributed by atoms with Crippen molar-refractivity contribution in [3.63, 3.8) is 0 Å². The first-order chi connectivity index (χ1) is 24.2. The van der Waals surface area contributed by atoms with Crippen LogP contribution < -0.4 is 0 Å². The molecule has 0 saturated carbocycles. The van der Waals surface area contributed by atoms with Gasteiger partial charge in [0, 0.05) is 27.5 Å². The van der Waals surface area contributed by atoms with Gasteiger partial charge in [-0.05, 0) is 69.8 Å². The van der Waals surface area contributed by atoms with Crippen LogP contribution in [0.4, 0.5) is 0 Å². The lowest BCUT2D eigenvalue weighted by Crippen LogP contribution is -2.00. The summed E-state index contributed by atoms with van der Waals surface area (Å²) >= 11 is 0. The molecule has 230 valence electrons. The second-order valence-electron chi connectivity index (χ2n) is 12.1. The van der Waals surface area contributed by atoms with Crippen LogP contribution in [0.15, 0.2) is 180 Å². The molecule has 9 aromatic rings. The summed E-state index contributed by atoms with van der Waals surface area (Å²) < 4.78 is 6.16. The number of nitrogens with zero attached hydrogens (tertiary/aromatic N) is 3. The Morgan fingerprint density at radius 2 is 0.673 bits per heavy atom. The molecule has 0 spiro atoms. The van der Waals surface area contributed by atoms with Crippen LogP contribution in [-0.2, 0) is 0 Å². The fraction of sp³-hybridized carbons (Fsp3) is 0. The van der Waals surface area contributed by atoms with Crippen LogP contribution in [-0.4, -0.2) is 15.0 Å². The van der Waals surface area contributed by atoms with Crippen LogP contribution >= 0.6 is 0 Å². The van der Waals surface area contributed by atoms with Crippen molar-refractivity contribution in [1.82, 2.24) is 15.0 Å². The van der Waals surface area contributed by atoms with Crippen LogP contribution in [0.3, 0.4) is 0 Å². The van der Waals surface area contributed by atoms with Crippen LogP contribution in [0.25, 0.3) is 89.5 Å². The first-order valence-electron chi connectivity index (χ1n) is 16.4. The number of fused-ring (bicyclic) bond motifs is 3. The number of benzene rings is 7. The Bertz CT molecular complexity index is 2520. The molecule has 0 unspecified atom stereocenters. The molecular weight excluding hydrogens is 599 g/mol. The highest BCUT2D eigenvalue weighted by atomic mass is 16.3. The smallest absolute Gasteiger partial charge is 0.164 e. The normalized spacial score (nSPS) is 11.3. The van der Waals surface area contributed by atoms with E-state index in [0.29, 0.717) is 17.5 Å². The molecule has 2 aromatic heterocycles. The molecule has 0 aliphatic carbocycles. The Balaban J connectivity index is 1.24. The fourth-order valence-electron chi connectivity index (χ4n) is 6.42. The van der Waals surface area contributed by atoms with Gasteiger partial charge in [-0.2, -0.15) is 0 Å². The molecule has 2 heterocycles. The molecule has 0 N–H and O–H groups in total. The number of hydrogen-bond acceptors (Lipinski definition) is 4. The van der Waals surface area contributed by atoms with Gasteiger partial charge >= 0.3 is 0 Å². The van der Waals surface area contributed by atoms with Gasteiger partial charge in [0.2, 0.25) is 0 Å². The molecule has 0 bridgehead atoms. The summed E-state index contributed by atoms with van der Waals surface area (Å²) in [6.45, 7) is 0. The molecule has 4 nitrogen and oxygen atoms in total. The first-order valence-corrected chi connectivity index (χ1v) is 16.4. The third-order valence-corrected chi connectivity index (χ3v) is 8.93. The summed E-state index contributed by atoms with van der Waals surface area (Å²) in [5.41, 5.74) is 11.2. The van der Waals surface area contributed by atoms with Crippen molar-refractivity contribution in [1.29, 1.82) is 0 Å². The highest BCUT2D eigenvalue weighted by Crippen LogP contribution is 2.37. The average Bonchev–Trinajstić information content (AvgIpc) is 3.57. The summed E-state index contributed by atoms with van der Waals surface area (Å²) in [7, 11) is 0. The topological polar surface area (TPSA) is 51.8 Å². The van der Waals surface area contributed by atoms with Gasteiger partial charge in [-0.25, -0.2) is 15.0 Å². The highest BCUT2D eigenvalue weighted by molar-refractivity contribution is 6.06. The quantitative estimate of drug-likeness (QED) is 0.184. The van der Waals surface area contributed by atoms with Crippen molar-refractivity contribution in [3.05, 3.63) is 176 Å². The van der Waals surface area contributed by atoms with Gasteiger partial charge in [0.15, 0.2) is 17.5 Å². The van der Waals surface area contributed by atoms with Crippen molar-refractivity contribution in [2.24, 2.45) is 0 Å². The van der Waals surface area contributed by atoms with E-state index < -0.39 is 0 Å². The van der Waals surface area contributed by atoms with E-state index in [1.54, 1.807) is 0 Å². The Kier molecular flexibility index (Phi) is 7.10. The fourth-order valence-corrected chi connectivity index (χ4v) is 6.42. The molecule has 0 aliphatic heterocycles.